The van der Waals surface area contributed by atoms with Crippen LogP contribution in [0.25, 0.3) is 0 Å². The first-order chi connectivity index (χ1) is 15.3. The van der Waals surface area contributed by atoms with Gasteiger partial charge in [-0.15, -0.1) is 0 Å². The molecule has 0 saturated heterocycles. The Hall–Kier alpha value is -2.36. The van der Waals surface area contributed by atoms with Crippen molar-refractivity contribution in [3.63, 3.8) is 0 Å². The van der Waals surface area contributed by atoms with Crippen molar-refractivity contribution in [3.05, 3.63) is 47.5 Å². The third-order valence-electron chi connectivity index (χ3n) is 5.73. The lowest BCUT2D eigenvalue weighted by Gasteiger charge is -2.40. The summed E-state index contributed by atoms with van der Waals surface area (Å²) >= 11 is 0. The van der Waals surface area contributed by atoms with E-state index in [2.05, 4.69) is 44.9 Å². The van der Waals surface area contributed by atoms with Crippen LogP contribution in [0.15, 0.2) is 36.4 Å². The first-order valence-electron chi connectivity index (χ1n) is 11.3. The van der Waals surface area contributed by atoms with E-state index in [1.807, 2.05) is 13.0 Å². The second kappa shape index (κ2) is 11.5. The summed E-state index contributed by atoms with van der Waals surface area (Å²) < 4.78 is 19.1. The molecule has 0 amide bonds. The Kier molecular flexibility index (Phi) is 8.72. The molecule has 2 heterocycles. The van der Waals surface area contributed by atoms with Crippen LogP contribution in [0.1, 0.15) is 43.7 Å². The molecule has 2 aliphatic heterocycles. The predicted molar refractivity (Wildman–Crippen MR) is 126 cm³/mol. The van der Waals surface area contributed by atoms with Gasteiger partial charge in [0, 0.05) is 12.8 Å². The summed E-state index contributed by atoms with van der Waals surface area (Å²) in [4.78, 5) is 17.1. The molecule has 2 atom stereocenters. The maximum Gasteiger partial charge on any atom is 0.274 e. The average Bonchev–Trinajstić information content (AvgIpc) is 2.80. The normalized spacial score (nSPS) is 23.5. The number of nitrogens with one attached hydrogen (secondary N) is 4. The van der Waals surface area contributed by atoms with E-state index in [9.17, 15) is 19.0 Å². The zero-order valence-corrected chi connectivity index (χ0v) is 19.4. The Balaban J connectivity index is 0.000000188. The minimum Gasteiger partial charge on any atom is -0.548 e. The summed E-state index contributed by atoms with van der Waals surface area (Å²) in [7, 11) is -3.05. The zero-order chi connectivity index (χ0) is 23.0. The molecule has 4 rings (SSSR count). The van der Waals surface area contributed by atoms with Crippen molar-refractivity contribution < 1.29 is 29.0 Å². The fraction of sp³-hybridized carbons (Fsp3) is 0.522. The number of hydrogen-bond acceptors (Lipinski definition) is 6. The molecule has 1 aromatic rings. The molecule has 32 heavy (non-hydrogen) atoms. The van der Waals surface area contributed by atoms with Crippen molar-refractivity contribution in [1.29, 1.82) is 0 Å². The van der Waals surface area contributed by atoms with Crippen LogP contribution in [0.5, 0.6) is 0 Å². The Bertz CT molecular complexity index is 843. The number of carboxylic acid groups (broad SMARTS) is 1. The van der Waals surface area contributed by atoms with Gasteiger partial charge in [-0.05, 0) is 37.0 Å². The van der Waals surface area contributed by atoms with Gasteiger partial charge >= 0.3 is 0 Å². The fourth-order valence-corrected chi connectivity index (χ4v) is 5.34. The van der Waals surface area contributed by atoms with Crippen LogP contribution in [-0.2, 0) is 4.79 Å². The van der Waals surface area contributed by atoms with Gasteiger partial charge in [0.05, 0.1) is 54.3 Å². The number of hydrogen-bond donors (Lipinski definition) is 6. The molecular weight excluding hydrogens is 428 g/mol. The van der Waals surface area contributed by atoms with Gasteiger partial charge < -0.3 is 9.90 Å². The molecular formula is C23H35N4O4S+. The van der Waals surface area contributed by atoms with Crippen LogP contribution in [0, 0.1) is 5.92 Å². The van der Waals surface area contributed by atoms with E-state index in [1.54, 1.807) is 6.08 Å². The van der Waals surface area contributed by atoms with Crippen LogP contribution >= 0.6 is 10.6 Å². The highest BCUT2D eigenvalue weighted by atomic mass is 32.3. The smallest absolute Gasteiger partial charge is 0.274 e. The fourth-order valence-electron chi connectivity index (χ4n) is 3.92. The molecule has 176 valence electrons. The van der Waals surface area contributed by atoms with E-state index in [0.717, 1.165) is 44.3 Å². The summed E-state index contributed by atoms with van der Waals surface area (Å²) in [6, 6.07) is 8.63. The number of carbonyl (C=O) groups is 1. The third-order valence-corrected chi connectivity index (χ3v) is 7.75. The van der Waals surface area contributed by atoms with Crippen LogP contribution in [-0.4, -0.2) is 63.9 Å². The minimum atomic E-state index is -3.05. The van der Waals surface area contributed by atoms with Gasteiger partial charge in [-0.3, -0.25) is 29.7 Å². The lowest BCUT2D eigenvalue weighted by molar-refractivity contribution is -0.463. The largest absolute Gasteiger partial charge is 0.548 e. The molecule has 8 nitrogen and oxygen atoms in total. The molecule has 9 heteroatoms. The maximum absolute atomic E-state index is 10.3. The second-order valence-corrected chi connectivity index (χ2v) is 10.8. The topological polar surface area (TPSA) is 133 Å². The summed E-state index contributed by atoms with van der Waals surface area (Å²) in [5.41, 5.74) is 2.46. The van der Waals surface area contributed by atoms with Gasteiger partial charge in [0.25, 0.3) is 11.7 Å². The van der Waals surface area contributed by atoms with Crippen molar-refractivity contribution in [2.75, 3.05) is 31.9 Å². The monoisotopic (exact) mass is 463 g/mol. The van der Waals surface area contributed by atoms with E-state index in [0.29, 0.717) is 12.3 Å². The van der Waals surface area contributed by atoms with Crippen LogP contribution in [0.2, 0.25) is 0 Å². The summed E-state index contributed by atoms with van der Waals surface area (Å²) in [5, 5.41) is 16.7. The van der Waals surface area contributed by atoms with Gasteiger partial charge in [-0.2, -0.15) is 10.6 Å². The second-order valence-electron chi connectivity index (χ2n) is 8.46. The summed E-state index contributed by atoms with van der Waals surface area (Å²) in [6.07, 6.45) is 7.48. The SMILES string of the molecule is CC1C=CC(S(O)(O)CC(=O)[O-])CC1.c1cc(C2=[NH+]CCCN2)cc(C2=[NH+]CCCN2)c1. The lowest BCUT2D eigenvalue weighted by atomic mass is 9.98. The Morgan fingerprint density at radius 2 is 1.66 bits per heavy atom. The van der Waals surface area contributed by atoms with Crippen LogP contribution < -0.4 is 25.7 Å². The van der Waals surface area contributed by atoms with E-state index < -0.39 is 27.6 Å². The number of aliphatic carboxylic acids is 1. The van der Waals surface area contributed by atoms with Gasteiger partial charge in [-0.1, -0.05) is 25.1 Å². The van der Waals surface area contributed by atoms with Crippen molar-refractivity contribution in [2.45, 2.75) is 37.9 Å². The number of carbonyl (C=O) groups excluding carboxylic acids is 1. The van der Waals surface area contributed by atoms with Gasteiger partial charge in [0.1, 0.15) is 0 Å². The Labute approximate surface area is 191 Å². The highest BCUT2D eigenvalue weighted by Crippen LogP contribution is 2.48. The number of amidine groups is 2. The molecule has 6 N–H and O–H groups in total. The molecule has 0 aromatic heterocycles. The van der Waals surface area contributed by atoms with E-state index >= 15 is 0 Å². The molecule has 0 saturated carbocycles. The Morgan fingerprint density at radius 1 is 1.06 bits per heavy atom. The number of allylic oxidation sites excluding steroid dienone is 1. The highest BCUT2D eigenvalue weighted by molar-refractivity contribution is 8.25. The standard InChI is InChI=1S/C14H18N4.C9H16O4S/c1-4-11(13-15-6-2-7-16-13)10-12(5-1)14-17-8-3-9-18-14;1-7-2-4-8(5-3-7)14(12,13)6-9(10)11/h1,4-5,10H,2-3,6-9H2,(H,15,16)(H,17,18);2,4,7-8,12-13H,3,5-6H2,1H3,(H,10,11)/p+1. The van der Waals surface area contributed by atoms with Crippen molar-refractivity contribution in [2.24, 2.45) is 5.92 Å². The average molecular weight is 464 g/mol. The number of carboxylic acids is 1. The molecule has 0 fully saturated rings. The molecule has 2 unspecified atom stereocenters. The molecule has 1 aliphatic carbocycles. The lowest BCUT2D eigenvalue weighted by Crippen LogP contribution is -2.79. The van der Waals surface area contributed by atoms with Crippen LogP contribution in [0.3, 0.4) is 0 Å². The van der Waals surface area contributed by atoms with Gasteiger partial charge in [-0.25, -0.2) is 0 Å². The van der Waals surface area contributed by atoms with E-state index in [4.69, 9.17) is 0 Å². The molecule has 0 radical (unpaired) electrons. The molecule has 0 spiro atoms. The van der Waals surface area contributed by atoms with E-state index in [1.165, 1.54) is 24.0 Å². The van der Waals surface area contributed by atoms with Crippen LogP contribution in [0.4, 0.5) is 0 Å². The number of rotatable bonds is 5. The van der Waals surface area contributed by atoms with Gasteiger partial charge in [0.2, 0.25) is 0 Å². The zero-order valence-electron chi connectivity index (χ0n) is 18.6. The number of benzene rings is 1. The quantitative estimate of drug-likeness (QED) is 0.285. The Morgan fingerprint density at radius 3 is 2.09 bits per heavy atom. The van der Waals surface area contributed by atoms with E-state index in [-0.39, 0.29) is 0 Å². The molecule has 1 aromatic carbocycles. The van der Waals surface area contributed by atoms with Crippen molar-refractivity contribution in [1.82, 2.24) is 10.6 Å². The summed E-state index contributed by atoms with van der Waals surface area (Å²) in [6.45, 7) is 6.26. The minimum absolute atomic E-state index is 0.420. The third kappa shape index (κ3) is 7.08. The first kappa shape index (κ1) is 24.3. The van der Waals surface area contributed by atoms with Crippen molar-refractivity contribution in [3.8, 4) is 0 Å². The highest BCUT2D eigenvalue weighted by Gasteiger charge is 2.26. The molecule has 0 bridgehead atoms. The van der Waals surface area contributed by atoms with Crippen molar-refractivity contribution >= 4 is 28.2 Å². The summed E-state index contributed by atoms with van der Waals surface area (Å²) in [5.74, 6) is 0.677. The predicted octanol–water partition coefficient (Wildman–Crippen LogP) is -1.83. The maximum atomic E-state index is 10.3. The van der Waals surface area contributed by atoms with Gasteiger partial charge in [0.15, 0.2) is 0 Å². The first-order valence-corrected chi connectivity index (χ1v) is 13.1. The molecule has 3 aliphatic rings.